The van der Waals surface area contributed by atoms with Gasteiger partial charge in [-0.25, -0.2) is 12.7 Å². The van der Waals surface area contributed by atoms with Crippen LogP contribution in [-0.2, 0) is 16.6 Å². The lowest BCUT2D eigenvalue weighted by Crippen LogP contribution is -2.32. The second kappa shape index (κ2) is 7.99. The van der Waals surface area contributed by atoms with Crippen LogP contribution in [0.3, 0.4) is 0 Å². The molecule has 0 saturated heterocycles. The van der Waals surface area contributed by atoms with E-state index in [0.29, 0.717) is 13.1 Å². The van der Waals surface area contributed by atoms with Crippen LogP contribution in [0.25, 0.3) is 0 Å². The lowest BCUT2D eigenvalue weighted by molar-refractivity contribution is 0.419. The highest BCUT2D eigenvalue weighted by Crippen LogP contribution is 2.11. The fraction of sp³-hybridized carbons (Fsp3) is 0.538. The molecule has 1 N–H and O–H groups in total. The molecule has 0 fully saturated rings. The van der Waals surface area contributed by atoms with Crippen molar-refractivity contribution in [1.29, 1.82) is 0 Å². The Hall–Kier alpha value is -0.430. The Bertz CT molecular complexity index is 491. The van der Waals surface area contributed by atoms with E-state index < -0.39 is 10.0 Å². The molecule has 0 unspecified atom stereocenters. The van der Waals surface area contributed by atoms with Crippen molar-refractivity contribution < 1.29 is 8.42 Å². The monoisotopic (exact) mass is 348 g/mol. The van der Waals surface area contributed by atoms with Crippen molar-refractivity contribution >= 4 is 26.0 Å². The van der Waals surface area contributed by atoms with E-state index in [4.69, 9.17) is 0 Å². The standard InChI is InChI=1S/C13H21BrN2O2S/c1-3-16(19(2,17)18)9-5-8-15-11-12-6-4-7-13(14)10-12/h4,6-7,10,15H,3,5,8-9,11H2,1-2H3. The molecule has 0 heterocycles. The van der Waals surface area contributed by atoms with Crippen molar-refractivity contribution in [3.05, 3.63) is 34.3 Å². The summed E-state index contributed by atoms with van der Waals surface area (Å²) in [5.41, 5.74) is 1.21. The lowest BCUT2D eigenvalue weighted by Gasteiger charge is -2.17. The van der Waals surface area contributed by atoms with Crippen molar-refractivity contribution in [3.8, 4) is 0 Å². The Labute approximate surface area is 124 Å². The zero-order valence-electron chi connectivity index (χ0n) is 11.4. The predicted octanol–water partition coefficient (Wildman–Crippen LogP) is 2.21. The van der Waals surface area contributed by atoms with Gasteiger partial charge in [0.2, 0.25) is 10.0 Å². The predicted molar refractivity (Wildman–Crippen MR) is 82.6 cm³/mol. The van der Waals surface area contributed by atoms with Gasteiger partial charge in [-0.05, 0) is 30.7 Å². The van der Waals surface area contributed by atoms with Crippen LogP contribution in [0.4, 0.5) is 0 Å². The Morgan fingerprint density at radius 2 is 2.11 bits per heavy atom. The topological polar surface area (TPSA) is 49.4 Å². The summed E-state index contributed by atoms with van der Waals surface area (Å²) in [5, 5.41) is 3.32. The normalized spacial score (nSPS) is 12.0. The fourth-order valence-corrected chi connectivity index (χ4v) is 3.19. The maximum atomic E-state index is 11.4. The van der Waals surface area contributed by atoms with Crippen LogP contribution in [0.2, 0.25) is 0 Å². The average Bonchev–Trinajstić information content (AvgIpc) is 2.32. The molecule has 1 rings (SSSR count). The van der Waals surface area contributed by atoms with Gasteiger partial charge in [0.15, 0.2) is 0 Å². The van der Waals surface area contributed by atoms with Crippen molar-refractivity contribution in [3.63, 3.8) is 0 Å². The highest BCUT2D eigenvalue weighted by Gasteiger charge is 2.12. The number of hydrogen-bond donors (Lipinski definition) is 1. The van der Waals surface area contributed by atoms with Crippen LogP contribution < -0.4 is 5.32 Å². The molecular weight excluding hydrogens is 328 g/mol. The van der Waals surface area contributed by atoms with Gasteiger partial charge in [-0.15, -0.1) is 0 Å². The van der Waals surface area contributed by atoms with E-state index >= 15 is 0 Å². The lowest BCUT2D eigenvalue weighted by atomic mass is 10.2. The molecule has 108 valence electrons. The molecule has 0 aliphatic carbocycles. The van der Waals surface area contributed by atoms with Crippen LogP contribution in [-0.4, -0.2) is 38.6 Å². The second-order valence-electron chi connectivity index (χ2n) is 4.41. The van der Waals surface area contributed by atoms with Crippen LogP contribution in [0.1, 0.15) is 18.9 Å². The maximum Gasteiger partial charge on any atom is 0.211 e. The largest absolute Gasteiger partial charge is 0.313 e. The van der Waals surface area contributed by atoms with E-state index in [-0.39, 0.29) is 0 Å². The first-order valence-corrected chi connectivity index (χ1v) is 8.98. The molecule has 0 atom stereocenters. The highest BCUT2D eigenvalue weighted by molar-refractivity contribution is 9.10. The zero-order chi connectivity index (χ0) is 14.3. The minimum Gasteiger partial charge on any atom is -0.313 e. The number of rotatable bonds is 8. The summed E-state index contributed by atoms with van der Waals surface area (Å²) in [7, 11) is -3.06. The number of benzene rings is 1. The first-order chi connectivity index (χ1) is 8.93. The van der Waals surface area contributed by atoms with Crippen molar-refractivity contribution in [2.45, 2.75) is 19.9 Å². The summed E-state index contributed by atoms with van der Waals surface area (Å²) in [4.78, 5) is 0. The van der Waals surface area contributed by atoms with E-state index in [1.807, 2.05) is 19.1 Å². The summed E-state index contributed by atoms with van der Waals surface area (Å²) in [6.07, 6.45) is 2.07. The summed E-state index contributed by atoms with van der Waals surface area (Å²) < 4.78 is 25.3. The fourth-order valence-electron chi connectivity index (χ4n) is 1.82. The SMILES string of the molecule is CCN(CCCNCc1cccc(Br)c1)S(C)(=O)=O. The number of halogens is 1. The van der Waals surface area contributed by atoms with Gasteiger partial charge in [0, 0.05) is 24.1 Å². The van der Waals surface area contributed by atoms with Gasteiger partial charge in [0.1, 0.15) is 0 Å². The summed E-state index contributed by atoms with van der Waals surface area (Å²) in [5.74, 6) is 0. The van der Waals surface area contributed by atoms with E-state index in [1.165, 1.54) is 16.1 Å². The molecule has 0 aliphatic heterocycles. The molecule has 0 spiro atoms. The van der Waals surface area contributed by atoms with Gasteiger partial charge < -0.3 is 5.32 Å². The number of nitrogens with zero attached hydrogens (tertiary/aromatic N) is 1. The van der Waals surface area contributed by atoms with Crippen LogP contribution in [0, 0.1) is 0 Å². The third kappa shape index (κ3) is 6.51. The molecule has 1 aromatic carbocycles. The third-order valence-corrected chi connectivity index (χ3v) is 4.67. The van der Waals surface area contributed by atoms with Gasteiger partial charge in [-0.2, -0.15) is 0 Å². The van der Waals surface area contributed by atoms with Crippen molar-refractivity contribution in [1.82, 2.24) is 9.62 Å². The Morgan fingerprint density at radius 3 is 2.68 bits per heavy atom. The van der Waals surface area contributed by atoms with Crippen LogP contribution >= 0.6 is 15.9 Å². The quantitative estimate of drug-likeness (QED) is 0.732. The highest BCUT2D eigenvalue weighted by atomic mass is 79.9. The molecule has 0 aromatic heterocycles. The first-order valence-electron chi connectivity index (χ1n) is 6.33. The molecule has 0 bridgehead atoms. The number of sulfonamides is 1. The van der Waals surface area contributed by atoms with E-state index in [1.54, 1.807) is 0 Å². The maximum absolute atomic E-state index is 11.4. The van der Waals surface area contributed by atoms with E-state index in [9.17, 15) is 8.42 Å². The van der Waals surface area contributed by atoms with Gasteiger partial charge in [-0.1, -0.05) is 35.0 Å². The van der Waals surface area contributed by atoms with Gasteiger partial charge in [0.25, 0.3) is 0 Å². The van der Waals surface area contributed by atoms with Gasteiger partial charge >= 0.3 is 0 Å². The number of hydrogen-bond acceptors (Lipinski definition) is 3. The zero-order valence-corrected chi connectivity index (χ0v) is 13.8. The third-order valence-electron chi connectivity index (χ3n) is 2.80. The Morgan fingerprint density at radius 1 is 1.37 bits per heavy atom. The molecule has 0 aliphatic rings. The molecule has 1 aromatic rings. The van der Waals surface area contributed by atoms with Crippen LogP contribution in [0.15, 0.2) is 28.7 Å². The minimum atomic E-state index is -3.06. The van der Waals surface area contributed by atoms with Gasteiger partial charge in [0.05, 0.1) is 6.26 Å². The molecule has 0 amide bonds. The van der Waals surface area contributed by atoms with Crippen molar-refractivity contribution in [2.24, 2.45) is 0 Å². The summed E-state index contributed by atoms with van der Waals surface area (Å²) in [6, 6.07) is 8.13. The molecule has 4 nitrogen and oxygen atoms in total. The number of nitrogens with one attached hydrogen (secondary N) is 1. The van der Waals surface area contributed by atoms with E-state index in [0.717, 1.165) is 24.0 Å². The molecule has 0 radical (unpaired) electrons. The Kier molecular flexibility index (Phi) is 6.99. The average molecular weight is 349 g/mol. The molecule has 6 heteroatoms. The van der Waals surface area contributed by atoms with Gasteiger partial charge in [-0.3, -0.25) is 0 Å². The first kappa shape index (κ1) is 16.6. The molecule has 0 saturated carbocycles. The van der Waals surface area contributed by atoms with E-state index in [2.05, 4.69) is 33.4 Å². The molecule has 19 heavy (non-hydrogen) atoms. The smallest absolute Gasteiger partial charge is 0.211 e. The summed E-state index contributed by atoms with van der Waals surface area (Å²) >= 11 is 3.43. The Balaban J connectivity index is 2.25. The van der Waals surface area contributed by atoms with Crippen molar-refractivity contribution in [2.75, 3.05) is 25.9 Å². The van der Waals surface area contributed by atoms with Crippen LogP contribution in [0.5, 0.6) is 0 Å². The minimum absolute atomic E-state index is 0.532. The second-order valence-corrected chi connectivity index (χ2v) is 7.31. The molecular formula is C13H21BrN2O2S. The summed E-state index contributed by atoms with van der Waals surface area (Å²) in [6.45, 7) is 4.56.